The Morgan fingerprint density at radius 2 is 1.91 bits per heavy atom. The van der Waals surface area contributed by atoms with Crippen LogP contribution in [0, 0.1) is 24.0 Å². The molecule has 8 nitrogen and oxygen atoms in total. The Morgan fingerprint density at radius 1 is 1.26 bits per heavy atom. The Balaban J connectivity index is 1.88. The zero-order chi connectivity index (χ0) is 17.0. The molecular formula is C15H14N2O6. The van der Waals surface area contributed by atoms with Crippen molar-refractivity contribution in [3.63, 3.8) is 0 Å². The molecule has 0 aliphatic heterocycles. The van der Waals surface area contributed by atoms with Crippen molar-refractivity contribution in [1.29, 1.82) is 0 Å². The lowest BCUT2D eigenvalue weighted by molar-refractivity contribution is -0.384. The molecule has 0 atom stereocenters. The topological polar surface area (TPSA) is 112 Å². The minimum absolute atomic E-state index is 0.0831. The second-order valence-electron chi connectivity index (χ2n) is 4.76. The van der Waals surface area contributed by atoms with E-state index in [4.69, 9.17) is 9.15 Å². The molecule has 1 aromatic heterocycles. The van der Waals surface area contributed by atoms with E-state index in [1.807, 2.05) is 0 Å². The largest absolute Gasteiger partial charge is 0.466 e. The zero-order valence-corrected chi connectivity index (χ0v) is 12.5. The van der Waals surface area contributed by atoms with Crippen molar-refractivity contribution in [3.8, 4) is 0 Å². The first-order valence-corrected chi connectivity index (χ1v) is 6.65. The minimum atomic E-state index is -0.654. The Bertz CT molecular complexity index is 748. The highest BCUT2D eigenvalue weighted by atomic mass is 16.6. The number of carbonyl (C=O) groups is 2. The number of rotatable bonds is 5. The quantitative estimate of drug-likeness (QED) is 0.515. The van der Waals surface area contributed by atoms with Crippen molar-refractivity contribution in [2.75, 3.05) is 11.9 Å². The number of hydrogen-bond donors (Lipinski definition) is 1. The van der Waals surface area contributed by atoms with Crippen LogP contribution in [0.5, 0.6) is 0 Å². The van der Waals surface area contributed by atoms with Crippen LogP contribution in [-0.4, -0.2) is 23.4 Å². The van der Waals surface area contributed by atoms with Gasteiger partial charge in [-0.1, -0.05) is 0 Å². The molecule has 2 rings (SSSR count). The lowest BCUT2D eigenvalue weighted by Gasteiger charge is -2.06. The van der Waals surface area contributed by atoms with E-state index in [0.717, 1.165) is 0 Å². The van der Waals surface area contributed by atoms with Gasteiger partial charge >= 0.3 is 5.97 Å². The molecular weight excluding hydrogens is 304 g/mol. The molecule has 0 radical (unpaired) electrons. The second kappa shape index (κ2) is 6.73. The number of furan rings is 1. The summed E-state index contributed by atoms with van der Waals surface area (Å²) in [7, 11) is 0. The molecule has 1 N–H and O–H groups in total. The minimum Gasteiger partial charge on any atom is -0.466 e. The van der Waals surface area contributed by atoms with Gasteiger partial charge in [-0.05, 0) is 32.0 Å². The summed E-state index contributed by atoms with van der Waals surface area (Å²) in [6.45, 7) is 2.85. The van der Waals surface area contributed by atoms with E-state index in [-0.39, 0.29) is 11.3 Å². The predicted octanol–water partition coefficient (Wildman–Crippen LogP) is 2.60. The summed E-state index contributed by atoms with van der Waals surface area (Å²) in [6, 6.07) is 6.84. The highest BCUT2D eigenvalue weighted by Crippen LogP contribution is 2.16. The fourth-order valence-corrected chi connectivity index (χ4v) is 1.91. The fourth-order valence-electron chi connectivity index (χ4n) is 1.91. The van der Waals surface area contributed by atoms with Crippen LogP contribution in [0.3, 0.4) is 0 Å². The van der Waals surface area contributed by atoms with Gasteiger partial charge in [-0.25, -0.2) is 4.79 Å². The molecule has 1 heterocycles. The van der Waals surface area contributed by atoms with Gasteiger partial charge in [0.2, 0.25) is 0 Å². The average molecular weight is 318 g/mol. The standard InChI is InChI=1S/C15H14N2O6/c1-9-7-13(10(2)23-9)15(19)22-8-14(18)16-11-3-5-12(6-4-11)17(20)21/h3-7H,8H2,1-2H3,(H,16,18). The molecule has 0 saturated heterocycles. The van der Waals surface area contributed by atoms with Crippen LogP contribution >= 0.6 is 0 Å². The van der Waals surface area contributed by atoms with E-state index >= 15 is 0 Å². The summed E-state index contributed by atoms with van der Waals surface area (Å²) in [5.74, 6) is -0.212. The monoisotopic (exact) mass is 318 g/mol. The van der Waals surface area contributed by atoms with Gasteiger partial charge in [0.05, 0.1) is 4.92 Å². The smallest absolute Gasteiger partial charge is 0.342 e. The number of nitro benzene ring substituents is 1. The normalized spacial score (nSPS) is 10.2. The molecule has 1 amide bonds. The number of nitro groups is 1. The van der Waals surface area contributed by atoms with Crippen LogP contribution in [0.2, 0.25) is 0 Å². The number of carbonyl (C=O) groups excluding carboxylic acids is 2. The number of aryl methyl sites for hydroxylation is 2. The molecule has 8 heteroatoms. The third-order valence-corrected chi connectivity index (χ3v) is 2.96. The number of nitrogens with zero attached hydrogens (tertiary/aromatic N) is 1. The summed E-state index contributed by atoms with van der Waals surface area (Å²) in [4.78, 5) is 33.5. The second-order valence-corrected chi connectivity index (χ2v) is 4.76. The first-order valence-electron chi connectivity index (χ1n) is 6.65. The summed E-state index contributed by atoms with van der Waals surface area (Å²) in [5.41, 5.74) is 0.554. The van der Waals surface area contributed by atoms with Crippen molar-refractivity contribution >= 4 is 23.3 Å². The number of esters is 1. The first-order chi connectivity index (χ1) is 10.9. The number of ether oxygens (including phenoxy) is 1. The highest BCUT2D eigenvalue weighted by Gasteiger charge is 2.16. The molecule has 2 aromatic rings. The molecule has 0 unspecified atom stereocenters. The van der Waals surface area contributed by atoms with E-state index in [0.29, 0.717) is 17.2 Å². The average Bonchev–Trinajstić information content (AvgIpc) is 2.84. The Labute approximate surface area is 131 Å². The molecule has 0 fully saturated rings. The highest BCUT2D eigenvalue weighted by molar-refractivity contribution is 5.96. The lowest BCUT2D eigenvalue weighted by atomic mass is 10.2. The van der Waals surface area contributed by atoms with Gasteiger partial charge in [-0.3, -0.25) is 14.9 Å². The molecule has 0 saturated carbocycles. The van der Waals surface area contributed by atoms with Gasteiger partial charge in [-0.2, -0.15) is 0 Å². The van der Waals surface area contributed by atoms with E-state index in [1.165, 1.54) is 30.3 Å². The predicted molar refractivity (Wildman–Crippen MR) is 80.2 cm³/mol. The summed E-state index contributed by atoms with van der Waals surface area (Å²) < 4.78 is 10.1. The summed E-state index contributed by atoms with van der Waals surface area (Å²) in [5, 5.41) is 13.0. The number of amides is 1. The van der Waals surface area contributed by atoms with Crippen LogP contribution in [0.4, 0.5) is 11.4 Å². The summed E-state index contributed by atoms with van der Waals surface area (Å²) in [6.07, 6.45) is 0. The molecule has 120 valence electrons. The lowest BCUT2D eigenvalue weighted by Crippen LogP contribution is -2.21. The van der Waals surface area contributed by atoms with Crippen LogP contribution in [0.25, 0.3) is 0 Å². The van der Waals surface area contributed by atoms with Crippen LogP contribution in [0.15, 0.2) is 34.7 Å². The molecule has 23 heavy (non-hydrogen) atoms. The van der Waals surface area contributed by atoms with Crippen molar-refractivity contribution in [2.24, 2.45) is 0 Å². The number of anilines is 1. The van der Waals surface area contributed by atoms with Crippen LogP contribution in [-0.2, 0) is 9.53 Å². The van der Waals surface area contributed by atoms with Gasteiger partial charge in [0.15, 0.2) is 6.61 Å². The molecule has 0 spiro atoms. The maximum absolute atomic E-state index is 11.8. The van der Waals surface area contributed by atoms with Crippen molar-refractivity contribution in [3.05, 3.63) is 57.5 Å². The van der Waals surface area contributed by atoms with E-state index in [2.05, 4.69) is 5.32 Å². The number of hydrogen-bond acceptors (Lipinski definition) is 6. The van der Waals surface area contributed by atoms with Crippen molar-refractivity contribution in [1.82, 2.24) is 0 Å². The maximum atomic E-state index is 11.8. The number of nitrogens with one attached hydrogen (secondary N) is 1. The van der Waals surface area contributed by atoms with Crippen LogP contribution < -0.4 is 5.32 Å². The summed E-state index contributed by atoms with van der Waals surface area (Å²) >= 11 is 0. The fraction of sp³-hybridized carbons (Fsp3) is 0.200. The Kier molecular flexibility index (Phi) is 4.75. The van der Waals surface area contributed by atoms with E-state index < -0.39 is 23.4 Å². The van der Waals surface area contributed by atoms with E-state index in [9.17, 15) is 19.7 Å². The van der Waals surface area contributed by atoms with Gasteiger partial charge in [0, 0.05) is 17.8 Å². The Morgan fingerprint density at radius 3 is 2.43 bits per heavy atom. The van der Waals surface area contributed by atoms with Crippen molar-refractivity contribution in [2.45, 2.75) is 13.8 Å². The molecule has 0 bridgehead atoms. The van der Waals surface area contributed by atoms with E-state index in [1.54, 1.807) is 13.8 Å². The molecule has 0 aliphatic rings. The van der Waals surface area contributed by atoms with Crippen LogP contribution in [0.1, 0.15) is 21.9 Å². The van der Waals surface area contributed by atoms with Gasteiger partial charge in [-0.15, -0.1) is 0 Å². The number of non-ortho nitro benzene ring substituents is 1. The number of benzene rings is 1. The van der Waals surface area contributed by atoms with Crippen molar-refractivity contribution < 1.29 is 23.7 Å². The van der Waals surface area contributed by atoms with Gasteiger partial charge in [0.25, 0.3) is 11.6 Å². The van der Waals surface area contributed by atoms with Gasteiger partial charge in [0.1, 0.15) is 17.1 Å². The third kappa shape index (κ3) is 4.16. The van der Waals surface area contributed by atoms with Gasteiger partial charge < -0.3 is 14.5 Å². The first kappa shape index (κ1) is 16.2. The molecule has 0 aliphatic carbocycles. The zero-order valence-electron chi connectivity index (χ0n) is 12.5. The molecule has 1 aromatic carbocycles. The Hall–Kier alpha value is -3.16. The SMILES string of the molecule is Cc1cc(C(=O)OCC(=O)Nc2ccc([N+](=O)[O-])cc2)c(C)o1. The third-order valence-electron chi connectivity index (χ3n) is 2.96. The maximum Gasteiger partial charge on any atom is 0.342 e.